The van der Waals surface area contributed by atoms with Gasteiger partial charge in [-0.2, -0.15) is 0 Å². The van der Waals surface area contributed by atoms with Crippen LogP contribution in [0, 0.1) is 12.8 Å². The summed E-state index contributed by atoms with van der Waals surface area (Å²) in [6.07, 6.45) is 3.52. The minimum absolute atomic E-state index is 0.414. The van der Waals surface area contributed by atoms with Crippen molar-refractivity contribution < 1.29 is 9.53 Å². The number of rotatable bonds is 3. The quantitative estimate of drug-likeness (QED) is 0.779. The first-order valence-electron chi connectivity index (χ1n) is 5.84. The number of carbonyl (C=O) groups is 1. The van der Waals surface area contributed by atoms with Gasteiger partial charge in [0, 0.05) is 12.8 Å². The molecule has 0 amide bonds. The second kappa shape index (κ2) is 4.69. The van der Waals surface area contributed by atoms with Crippen molar-refractivity contribution in [3.63, 3.8) is 0 Å². The fourth-order valence-corrected chi connectivity index (χ4v) is 2.44. The lowest BCUT2D eigenvalue weighted by Crippen LogP contribution is -2.02. The highest BCUT2D eigenvalue weighted by Crippen LogP contribution is 2.29. The summed E-state index contributed by atoms with van der Waals surface area (Å²) in [4.78, 5) is 11.2. The van der Waals surface area contributed by atoms with E-state index in [0.29, 0.717) is 11.7 Å². The molecule has 1 aromatic carbocycles. The molecule has 0 radical (unpaired) electrons. The van der Waals surface area contributed by atoms with Crippen LogP contribution in [-0.2, 0) is 11.2 Å². The number of methoxy groups -OCH3 is 1. The molecule has 1 unspecified atom stereocenters. The lowest BCUT2D eigenvalue weighted by Gasteiger charge is -2.12. The third kappa shape index (κ3) is 2.43. The van der Waals surface area contributed by atoms with Crippen molar-refractivity contribution in [3.05, 3.63) is 29.3 Å². The van der Waals surface area contributed by atoms with E-state index in [1.54, 1.807) is 7.11 Å². The Morgan fingerprint density at radius 3 is 2.88 bits per heavy atom. The number of hydrogen-bond acceptors (Lipinski definition) is 2. The second-order valence-electron chi connectivity index (χ2n) is 4.67. The van der Waals surface area contributed by atoms with Gasteiger partial charge < -0.3 is 4.74 Å². The van der Waals surface area contributed by atoms with Crippen molar-refractivity contribution in [2.45, 2.75) is 32.6 Å². The zero-order valence-electron chi connectivity index (χ0n) is 9.95. The summed E-state index contributed by atoms with van der Waals surface area (Å²) in [7, 11) is 1.70. The molecule has 0 aromatic heterocycles. The fraction of sp³-hybridized carbons (Fsp3) is 0.500. The summed E-state index contributed by atoms with van der Waals surface area (Å²) in [6.45, 7) is 2.09. The summed E-state index contributed by atoms with van der Waals surface area (Å²) in [5, 5.41) is 0. The summed E-state index contributed by atoms with van der Waals surface area (Å²) in [6, 6.07) is 6.24. The molecule has 1 saturated carbocycles. The molecule has 0 N–H and O–H groups in total. The van der Waals surface area contributed by atoms with Crippen LogP contribution in [0.15, 0.2) is 18.2 Å². The number of aryl methyl sites for hydroxylation is 1. The molecule has 16 heavy (non-hydrogen) atoms. The minimum Gasteiger partial charge on any atom is -0.496 e. The Bertz CT molecular complexity index is 396. The predicted octanol–water partition coefficient (Wildman–Crippen LogP) is 2.92. The molecule has 0 aliphatic heterocycles. The zero-order valence-corrected chi connectivity index (χ0v) is 9.95. The Hall–Kier alpha value is -1.31. The Morgan fingerprint density at radius 1 is 1.44 bits per heavy atom. The van der Waals surface area contributed by atoms with Crippen LogP contribution < -0.4 is 4.74 Å². The highest BCUT2D eigenvalue weighted by atomic mass is 16.5. The van der Waals surface area contributed by atoms with Gasteiger partial charge in [0.15, 0.2) is 0 Å². The highest BCUT2D eigenvalue weighted by molar-refractivity contribution is 5.80. The van der Waals surface area contributed by atoms with Crippen molar-refractivity contribution in [2.24, 2.45) is 5.92 Å². The Balaban J connectivity index is 2.13. The molecule has 0 spiro atoms. The van der Waals surface area contributed by atoms with Crippen LogP contribution in [0.4, 0.5) is 0 Å². The van der Waals surface area contributed by atoms with Crippen LogP contribution in [0.3, 0.4) is 0 Å². The number of ketones is 1. The van der Waals surface area contributed by atoms with E-state index in [4.69, 9.17) is 4.74 Å². The third-order valence-corrected chi connectivity index (χ3v) is 3.29. The standard InChI is InChI=1S/C14H18O2/c1-10-3-6-14(16-2)12(7-10)8-11-4-5-13(15)9-11/h3,6-7,11H,4-5,8-9H2,1-2H3. The van der Waals surface area contributed by atoms with Crippen LogP contribution in [-0.4, -0.2) is 12.9 Å². The van der Waals surface area contributed by atoms with E-state index in [2.05, 4.69) is 19.1 Å². The summed E-state index contributed by atoms with van der Waals surface area (Å²) >= 11 is 0. The number of carbonyl (C=O) groups excluding carboxylic acids is 1. The van der Waals surface area contributed by atoms with Crippen molar-refractivity contribution in [3.8, 4) is 5.75 Å². The van der Waals surface area contributed by atoms with Gasteiger partial charge in [0.1, 0.15) is 11.5 Å². The summed E-state index contributed by atoms with van der Waals surface area (Å²) in [5.74, 6) is 1.88. The van der Waals surface area contributed by atoms with Gasteiger partial charge in [-0.1, -0.05) is 17.7 Å². The van der Waals surface area contributed by atoms with E-state index in [0.717, 1.165) is 31.4 Å². The maximum atomic E-state index is 11.2. The molecule has 0 saturated heterocycles. The van der Waals surface area contributed by atoms with Crippen LogP contribution in [0.5, 0.6) is 5.75 Å². The molecule has 0 heterocycles. The van der Waals surface area contributed by atoms with Crippen molar-refractivity contribution in [1.82, 2.24) is 0 Å². The number of Topliss-reactive ketones (excluding diaryl/α,β-unsaturated/α-hetero) is 1. The Morgan fingerprint density at radius 2 is 2.25 bits per heavy atom. The SMILES string of the molecule is COc1ccc(C)cc1CC1CCC(=O)C1. The van der Waals surface area contributed by atoms with Crippen molar-refractivity contribution in [2.75, 3.05) is 7.11 Å². The van der Waals surface area contributed by atoms with Crippen LogP contribution in [0.2, 0.25) is 0 Å². The molecule has 1 fully saturated rings. The van der Waals surface area contributed by atoms with E-state index in [9.17, 15) is 4.79 Å². The molecular weight excluding hydrogens is 200 g/mol. The van der Waals surface area contributed by atoms with Gasteiger partial charge in [0.25, 0.3) is 0 Å². The van der Waals surface area contributed by atoms with Crippen molar-refractivity contribution >= 4 is 5.78 Å². The van der Waals surface area contributed by atoms with E-state index >= 15 is 0 Å². The molecule has 0 bridgehead atoms. The molecular formula is C14H18O2. The topological polar surface area (TPSA) is 26.3 Å². The first kappa shape index (κ1) is 11.2. The van der Waals surface area contributed by atoms with Gasteiger partial charge in [-0.25, -0.2) is 0 Å². The van der Waals surface area contributed by atoms with Crippen LogP contribution >= 0.6 is 0 Å². The molecule has 1 aromatic rings. The molecule has 1 atom stereocenters. The zero-order chi connectivity index (χ0) is 11.5. The van der Waals surface area contributed by atoms with Gasteiger partial charge in [0.05, 0.1) is 7.11 Å². The lowest BCUT2D eigenvalue weighted by molar-refractivity contribution is -0.117. The third-order valence-electron chi connectivity index (χ3n) is 3.29. The van der Waals surface area contributed by atoms with Gasteiger partial charge in [0.2, 0.25) is 0 Å². The molecule has 2 nitrogen and oxygen atoms in total. The van der Waals surface area contributed by atoms with Crippen LogP contribution in [0.25, 0.3) is 0 Å². The van der Waals surface area contributed by atoms with E-state index < -0.39 is 0 Å². The van der Waals surface area contributed by atoms with Crippen LogP contribution in [0.1, 0.15) is 30.4 Å². The second-order valence-corrected chi connectivity index (χ2v) is 4.67. The summed E-state index contributed by atoms with van der Waals surface area (Å²) < 4.78 is 5.35. The summed E-state index contributed by atoms with van der Waals surface area (Å²) in [5.41, 5.74) is 2.49. The fourth-order valence-electron chi connectivity index (χ4n) is 2.44. The van der Waals surface area contributed by atoms with Gasteiger partial charge >= 0.3 is 0 Å². The maximum Gasteiger partial charge on any atom is 0.133 e. The molecule has 1 aliphatic carbocycles. The molecule has 2 heteroatoms. The molecule has 86 valence electrons. The first-order valence-corrected chi connectivity index (χ1v) is 5.84. The monoisotopic (exact) mass is 218 g/mol. The van der Waals surface area contributed by atoms with Crippen molar-refractivity contribution in [1.29, 1.82) is 0 Å². The molecule has 2 rings (SSSR count). The smallest absolute Gasteiger partial charge is 0.133 e. The first-order chi connectivity index (χ1) is 7.69. The van der Waals surface area contributed by atoms with Gasteiger partial charge in [-0.05, 0) is 37.3 Å². The minimum atomic E-state index is 0.414. The molecule has 1 aliphatic rings. The average Bonchev–Trinajstić information content (AvgIpc) is 2.64. The normalized spacial score (nSPS) is 20.1. The van der Waals surface area contributed by atoms with E-state index in [-0.39, 0.29) is 0 Å². The average molecular weight is 218 g/mol. The van der Waals surface area contributed by atoms with Gasteiger partial charge in [-0.15, -0.1) is 0 Å². The van der Waals surface area contributed by atoms with E-state index in [1.807, 2.05) is 6.07 Å². The van der Waals surface area contributed by atoms with E-state index in [1.165, 1.54) is 11.1 Å². The Labute approximate surface area is 96.6 Å². The largest absolute Gasteiger partial charge is 0.496 e. The number of benzene rings is 1. The number of ether oxygens (including phenoxy) is 1. The number of hydrogen-bond donors (Lipinski definition) is 0. The lowest BCUT2D eigenvalue weighted by atomic mass is 9.96. The van der Waals surface area contributed by atoms with Gasteiger partial charge in [-0.3, -0.25) is 4.79 Å². The highest BCUT2D eigenvalue weighted by Gasteiger charge is 2.23. The predicted molar refractivity (Wildman–Crippen MR) is 63.8 cm³/mol. The maximum absolute atomic E-state index is 11.2. The Kier molecular flexibility index (Phi) is 3.28.